The lowest BCUT2D eigenvalue weighted by Gasteiger charge is -2.37. The van der Waals surface area contributed by atoms with E-state index in [9.17, 15) is 5.11 Å². The molecule has 0 aromatic heterocycles. The van der Waals surface area contributed by atoms with Crippen LogP contribution in [0.25, 0.3) is 0 Å². The van der Waals surface area contributed by atoms with Crippen LogP contribution in [0.3, 0.4) is 0 Å². The number of nitrogens with zero attached hydrogens (tertiary/aromatic N) is 1. The monoisotopic (exact) mass is 275 g/mol. The van der Waals surface area contributed by atoms with Crippen LogP contribution in [0.2, 0.25) is 0 Å². The van der Waals surface area contributed by atoms with Gasteiger partial charge in [0.15, 0.2) is 0 Å². The molecule has 110 valence electrons. The summed E-state index contributed by atoms with van der Waals surface area (Å²) in [7, 11) is 0. The van der Waals surface area contributed by atoms with E-state index in [4.69, 9.17) is 11.2 Å². The number of hydrogen-bond acceptors (Lipinski definition) is 3. The van der Waals surface area contributed by atoms with Crippen LogP contribution in [0.1, 0.15) is 26.3 Å². The van der Waals surface area contributed by atoms with Crippen LogP contribution in [0, 0.1) is 12.3 Å². The maximum atomic E-state index is 10.1. The van der Waals surface area contributed by atoms with Gasteiger partial charge in [0, 0.05) is 18.6 Å². The summed E-state index contributed by atoms with van der Waals surface area (Å²) in [4.78, 5) is 2.24. The number of aliphatic hydroxyl groups excluding tert-OH is 1. The van der Waals surface area contributed by atoms with Crippen LogP contribution in [0.4, 0.5) is 0 Å². The van der Waals surface area contributed by atoms with E-state index >= 15 is 0 Å². The van der Waals surface area contributed by atoms with E-state index in [1.807, 2.05) is 18.2 Å². The Morgan fingerprint density at radius 2 is 1.95 bits per heavy atom. The van der Waals surface area contributed by atoms with Crippen molar-refractivity contribution >= 4 is 0 Å². The van der Waals surface area contributed by atoms with Gasteiger partial charge in [0.05, 0.1) is 12.7 Å². The summed E-state index contributed by atoms with van der Waals surface area (Å²) in [6.07, 6.45) is 4.58. The maximum absolute atomic E-state index is 10.1. The molecule has 0 aliphatic heterocycles. The second-order valence-corrected chi connectivity index (χ2v) is 5.91. The highest BCUT2D eigenvalue weighted by molar-refractivity contribution is 5.14. The van der Waals surface area contributed by atoms with Crippen molar-refractivity contribution in [3.63, 3.8) is 0 Å². The van der Waals surface area contributed by atoms with Crippen molar-refractivity contribution in [2.75, 3.05) is 19.8 Å². The van der Waals surface area contributed by atoms with Crippen LogP contribution < -0.4 is 0 Å². The van der Waals surface area contributed by atoms with E-state index in [0.29, 0.717) is 6.54 Å². The van der Waals surface area contributed by atoms with Crippen LogP contribution in [-0.2, 0) is 11.3 Å². The van der Waals surface area contributed by atoms with Crippen molar-refractivity contribution in [2.45, 2.75) is 39.0 Å². The summed E-state index contributed by atoms with van der Waals surface area (Å²) in [5.41, 5.74) is 1.21. The summed E-state index contributed by atoms with van der Waals surface area (Å²) in [5, 5.41) is 10.1. The minimum absolute atomic E-state index is 0.0249. The van der Waals surface area contributed by atoms with Gasteiger partial charge in [0.25, 0.3) is 0 Å². The van der Waals surface area contributed by atoms with Gasteiger partial charge in [-0.3, -0.25) is 4.90 Å². The predicted octanol–water partition coefficient (Wildman–Crippen LogP) is 2.30. The molecule has 0 bridgehead atoms. The molecule has 1 atom stereocenters. The van der Waals surface area contributed by atoms with Crippen molar-refractivity contribution in [3.05, 3.63) is 35.9 Å². The summed E-state index contributed by atoms with van der Waals surface area (Å²) < 4.78 is 5.20. The van der Waals surface area contributed by atoms with Gasteiger partial charge in [-0.25, -0.2) is 0 Å². The fourth-order valence-corrected chi connectivity index (χ4v) is 1.94. The number of benzene rings is 1. The van der Waals surface area contributed by atoms with Crippen LogP contribution >= 0.6 is 0 Å². The number of hydrogen-bond donors (Lipinski definition) is 1. The number of β-amino-alcohol motifs (C(OH)–C–C–N with tert-alkyl or cyclic N) is 1. The number of rotatable bonds is 7. The second kappa shape index (κ2) is 8.06. The quantitative estimate of drug-likeness (QED) is 0.612. The van der Waals surface area contributed by atoms with Crippen molar-refractivity contribution in [1.82, 2.24) is 4.90 Å². The third kappa shape index (κ3) is 6.21. The first kappa shape index (κ1) is 16.7. The molecule has 20 heavy (non-hydrogen) atoms. The molecule has 3 nitrogen and oxygen atoms in total. The normalized spacial score (nSPS) is 13.2. The van der Waals surface area contributed by atoms with Crippen LogP contribution in [0.15, 0.2) is 30.3 Å². The van der Waals surface area contributed by atoms with Crippen LogP contribution in [-0.4, -0.2) is 41.4 Å². The third-order valence-corrected chi connectivity index (χ3v) is 3.09. The molecule has 1 aromatic rings. The summed E-state index contributed by atoms with van der Waals surface area (Å²) in [6, 6.07) is 10.3. The molecule has 0 aliphatic carbocycles. The molecule has 1 N–H and O–H groups in total. The molecule has 1 rings (SSSR count). The molecule has 0 amide bonds. The Balaban J connectivity index is 2.59. The Hall–Kier alpha value is -1.34. The lowest BCUT2D eigenvalue weighted by molar-refractivity contribution is 0.00274. The van der Waals surface area contributed by atoms with Gasteiger partial charge in [0.2, 0.25) is 0 Å². The lowest BCUT2D eigenvalue weighted by atomic mass is 10.0. The first-order valence-electron chi connectivity index (χ1n) is 6.91. The predicted molar refractivity (Wildman–Crippen MR) is 82.3 cm³/mol. The first-order valence-corrected chi connectivity index (χ1v) is 6.91. The first-order chi connectivity index (χ1) is 9.43. The molecule has 1 aromatic carbocycles. The number of terminal acetylenes is 1. The van der Waals surface area contributed by atoms with Crippen LogP contribution in [0.5, 0.6) is 0 Å². The molecule has 0 saturated carbocycles. The highest BCUT2D eigenvalue weighted by atomic mass is 16.5. The molecule has 0 radical (unpaired) electrons. The Morgan fingerprint density at radius 3 is 2.50 bits per heavy atom. The van der Waals surface area contributed by atoms with E-state index < -0.39 is 6.10 Å². The van der Waals surface area contributed by atoms with Crippen molar-refractivity contribution in [1.29, 1.82) is 0 Å². The third-order valence-electron chi connectivity index (χ3n) is 3.09. The Labute approximate surface area is 122 Å². The molecule has 0 aliphatic rings. The fraction of sp³-hybridized carbons (Fsp3) is 0.529. The van der Waals surface area contributed by atoms with Gasteiger partial charge in [0.1, 0.15) is 6.61 Å². The second-order valence-electron chi connectivity index (χ2n) is 5.91. The molecule has 0 fully saturated rings. The highest BCUT2D eigenvalue weighted by Gasteiger charge is 2.23. The van der Waals surface area contributed by atoms with E-state index in [2.05, 4.69) is 43.7 Å². The average molecular weight is 275 g/mol. The maximum Gasteiger partial charge on any atom is 0.107 e. The smallest absolute Gasteiger partial charge is 0.107 e. The van der Waals surface area contributed by atoms with Crippen molar-refractivity contribution in [3.8, 4) is 12.3 Å². The van der Waals surface area contributed by atoms with Gasteiger partial charge < -0.3 is 9.84 Å². The van der Waals surface area contributed by atoms with Gasteiger partial charge in [-0.2, -0.15) is 0 Å². The molecule has 0 spiro atoms. The van der Waals surface area contributed by atoms with E-state index in [1.54, 1.807) is 0 Å². The summed E-state index contributed by atoms with van der Waals surface area (Å²) >= 11 is 0. The number of aliphatic hydroxyl groups is 1. The van der Waals surface area contributed by atoms with Gasteiger partial charge >= 0.3 is 0 Å². The van der Waals surface area contributed by atoms with E-state index in [-0.39, 0.29) is 18.8 Å². The van der Waals surface area contributed by atoms with Crippen molar-refractivity contribution < 1.29 is 9.84 Å². The van der Waals surface area contributed by atoms with Gasteiger partial charge in [-0.15, -0.1) is 6.42 Å². The zero-order chi connectivity index (χ0) is 15.0. The standard InChI is InChI=1S/C17H25NO2/c1-5-11-20-14-16(19)13-18(17(2,3)4)12-15-9-7-6-8-10-15/h1,6-10,16,19H,11-14H2,2-4H3. The Kier molecular flexibility index (Phi) is 6.74. The topological polar surface area (TPSA) is 32.7 Å². The highest BCUT2D eigenvalue weighted by Crippen LogP contribution is 2.17. The van der Waals surface area contributed by atoms with Gasteiger partial charge in [-0.05, 0) is 26.3 Å². The van der Waals surface area contributed by atoms with E-state index in [0.717, 1.165) is 6.54 Å². The largest absolute Gasteiger partial charge is 0.389 e. The minimum Gasteiger partial charge on any atom is -0.389 e. The molecule has 0 saturated heterocycles. The molecular weight excluding hydrogens is 250 g/mol. The zero-order valence-corrected chi connectivity index (χ0v) is 12.7. The SMILES string of the molecule is C#CCOCC(O)CN(Cc1ccccc1)C(C)(C)C. The Morgan fingerprint density at radius 1 is 1.30 bits per heavy atom. The Bertz CT molecular complexity index is 417. The fourth-order valence-electron chi connectivity index (χ4n) is 1.94. The molecule has 1 unspecified atom stereocenters. The summed E-state index contributed by atoms with van der Waals surface area (Å²) in [6.45, 7) is 8.30. The zero-order valence-electron chi connectivity index (χ0n) is 12.7. The molecule has 3 heteroatoms. The molecular formula is C17H25NO2. The molecule has 0 heterocycles. The number of ether oxygens (including phenoxy) is 1. The van der Waals surface area contributed by atoms with Crippen molar-refractivity contribution in [2.24, 2.45) is 0 Å². The average Bonchev–Trinajstić information content (AvgIpc) is 2.38. The minimum atomic E-state index is -0.536. The van der Waals surface area contributed by atoms with Gasteiger partial charge in [-0.1, -0.05) is 36.3 Å². The lowest BCUT2D eigenvalue weighted by Crippen LogP contribution is -2.46. The summed E-state index contributed by atoms with van der Waals surface area (Å²) in [5.74, 6) is 2.40. The van der Waals surface area contributed by atoms with E-state index in [1.165, 1.54) is 5.56 Å².